The van der Waals surface area contributed by atoms with E-state index >= 15 is 0 Å². The third kappa shape index (κ3) is 3.34. The molecule has 140 valence electrons. The average Bonchev–Trinajstić information content (AvgIpc) is 3.19. The van der Waals surface area contributed by atoms with Gasteiger partial charge in [-0.3, -0.25) is 9.55 Å². The van der Waals surface area contributed by atoms with E-state index in [1.165, 1.54) is 30.2 Å². The van der Waals surface area contributed by atoms with E-state index in [0.29, 0.717) is 26.9 Å². The fourth-order valence-corrected chi connectivity index (χ4v) is 3.91. The Morgan fingerprint density at radius 3 is 2.62 bits per heavy atom. The van der Waals surface area contributed by atoms with E-state index in [2.05, 4.69) is 25.1 Å². The smallest absolute Gasteiger partial charge is 0.202 e. The van der Waals surface area contributed by atoms with E-state index in [9.17, 15) is 4.39 Å². The number of benzene rings is 2. The van der Waals surface area contributed by atoms with Crippen LogP contribution < -0.4 is 0 Å². The minimum absolute atomic E-state index is 0.338. The van der Waals surface area contributed by atoms with Gasteiger partial charge in [-0.1, -0.05) is 18.2 Å². The molecule has 0 amide bonds. The first-order valence-corrected chi connectivity index (χ1v) is 9.60. The topological polar surface area (TPSA) is 69.4 Å². The van der Waals surface area contributed by atoms with E-state index in [4.69, 9.17) is 0 Å². The van der Waals surface area contributed by atoms with Gasteiger partial charge in [-0.15, -0.1) is 10.2 Å². The van der Waals surface area contributed by atoms with Crippen LogP contribution in [0.25, 0.3) is 28.0 Å². The number of pyridine rings is 1. The zero-order valence-electron chi connectivity index (χ0n) is 15.0. The summed E-state index contributed by atoms with van der Waals surface area (Å²) in [5.41, 5.74) is 2.42. The molecule has 0 bridgehead atoms. The SMILES string of the molecule is Fc1ccc2ncnc(Sc3nnc(-c4cccnc4)n3-c3ccccc3)c2c1. The fraction of sp³-hybridized carbons (Fsp3) is 0. The van der Waals surface area contributed by atoms with Gasteiger partial charge in [0.05, 0.1) is 5.52 Å². The lowest BCUT2D eigenvalue weighted by Gasteiger charge is -2.10. The van der Waals surface area contributed by atoms with Crippen molar-refractivity contribution < 1.29 is 4.39 Å². The largest absolute Gasteiger partial charge is 0.270 e. The number of rotatable bonds is 4. The molecule has 3 aromatic heterocycles. The second kappa shape index (κ2) is 7.40. The van der Waals surface area contributed by atoms with Crippen LogP contribution in [0.2, 0.25) is 0 Å². The van der Waals surface area contributed by atoms with Gasteiger partial charge < -0.3 is 0 Å². The standard InChI is InChI=1S/C21H13FN6S/c22-15-8-9-18-17(11-15)20(25-13-24-18)29-21-27-26-19(14-5-4-10-23-12-14)28(21)16-6-2-1-3-7-16/h1-13H. The highest BCUT2D eigenvalue weighted by atomic mass is 32.2. The normalized spacial score (nSPS) is 11.1. The molecule has 0 aliphatic heterocycles. The summed E-state index contributed by atoms with van der Waals surface area (Å²) < 4.78 is 15.8. The second-order valence-electron chi connectivity index (χ2n) is 6.16. The molecule has 5 rings (SSSR count). The molecule has 0 aliphatic rings. The van der Waals surface area contributed by atoms with Gasteiger partial charge in [-0.05, 0) is 54.2 Å². The van der Waals surface area contributed by atoms with Gasteiger partial charge >= 0.3 is 0 Å². The Kier molecular flexibility index (Phi) is 4.45. The van der Waals surface area contributed by atoms with Crippen LogP contribution in [0.15, 0.2) is 89.6 Å². The Balaban J connectivity index is 1.67. The highest BCUT2D eigenvalue weighted by Crippen LogP contribution is 2.34. The molecule has 0 saturated heterocycles. The van der Waals surface area contributed by atoms with E-state index < -0.39 is 0 Å². The lowest BCUT2D eigenvalue weighted by Crippen LogP contribution is -2.00. The van der Waals surface area contributed by atoms with Gasteiger partial charge in [0, 0.05) is 29.0 Å². The maximum Gasteiger partial charge on any atom is 0.202 e. The third-order valence-corrected chi connectivity index (χ3v) is 5.28. The summed E-state index contributed by atoms with van der Waals surface area (Å²) in [5, 5.41) is 10.6. The van der Waals surface area contributed by atoms with Crippen LogP contribution in [0.1, 0.15) is 0 Å². The molecule has 0 N–H and O–H groups in total. The fourth-order valence-electron chi connectivity index (χ4n) is 3.00. The van der Waals surface area contributed by atoms with Crippen molar-refractivity contribution in [1.29, 1.82) is 0 Å². The van der Waals surface area contributed by atoms with Crippen molar-refractivity contribution >= 4 is 22.7 Å². The Hall–Kier alpha value is -3.65. The quantitative estimate of drug-likeness (QED) is 0.412. The molecule has 2 aromatic carbocycles. The molecule has 29 heavy (non-hydrogen) atoms. The van der Waals surface area contributed by atoms with E-state index in [1.807, 2.05) is 47.0 Å². The lowest BCUT2D eigenvalue weighted by atomic mass is 10.2. The van der Waals surface area contributed by atoms with Gasteiger partial charge in [0.1, 0.15) is 17.2 Å². The number of nitrogens with zero attached hydrogens (tertiary/aromatic N) is 6. The summed E-state index contributed by atoms with van der Waals surface area (Å²) in [7, 11) is 0. The van der Waals surface area contributed by atoms with Gasteiger partial charge in [-0.25, -0.2) is 14.4 Å². The Labute approximate surface area is 169 Å². The average molecular weight is 400 g/mol. The minimum Gasteiger partial charge on any atom is -0.270 e. The number of hydrogen-bond donors (Lipinski definition) is 0. The minimum atomic E-state index is -0.338. The molecule has 0 unspecified atom stereocenters. The highest BCUT2D eigenvalue weighted by Gasteiger charge is 2.18. The summed E-state index contributed by atoms with van der Waals surface area (Å²) in [6.07, 6.45) is 4.92. The lowest BCUT2D eigenvalue weighted by molar-refractivity contribution is 0.629. The molecule has 0 fully saturated rings. The van der Waals surface area contributed by atoms with Gasteiger partial charge in [0.25, 0.3) is 0 Å². The predicted octanol–water partition coefficient (Wildman–Crippen LogP) is 4.56. The van der Waals surface area contributed by atoms with Crippen LogP contribution in [0.5, 0.6) is 0 Å². The number of halogens is 1. The first-order valence-electron chi connectivity index (χ1n) is 8.79. The molecule has 0 spiro atoms. The van der Waals surface area contributed by atoms with Gasteiger partial charge in [-0.2, -0.15) is 0 Å². The Bertz CT molecular complexity index is 1290. The molecule has 6 nitrogen and oxygen atoms in total. The number of hydrogen-bond acceptors (Lipinski definition) is 6. The molecule has 0 radical (unpaired) electrons. The van der Waals surface area contributed by atoms with Crippen molar-refractivity contribution in [3.8, 4) is 17.1 Å². The van der Waals surface area contributed by atoms with Crippen LogP contribution in [0.4, 0.5) is 4.39 Å². The molecule has 5 aromatic rings. The molecular formula is C21H13FN6S. The third-order valence-electron chi connectivity index (χ3n) is 4.32. The Morgan fingerprint density at radius 2 is 1.79 bits per heavy atom. The van der Waals surface area contributed by atoms with Crippen molar-refractivity contribution in [3.63, 3.8) is 0 Å². The molecule has 0 atom stereocenters. The second-order valence-corrected chi connectivity index (χ2v) is 7.12. The molecular weight excluding hydrogens is 387 g/mol. The summed E-state index contributed by atoms with van der Waals surface area (Å²) in [6.45, 7) is 0. The molecule has 3 heterocycles. The Morgan fingerprint density at radius 1 is 0.897 bits per heavy atom. The predicted molar refractivity (Wildman–Crippen MR) is 108 cm³/mol. The number of para-hydroxylation sites is 1. The molecule has 8 heteroatoms. The first-order chi connectivity index (χ1) is 14.3. The summed E-state index contributed by atoms with van der Waals surface area (Å²) in [4.78, 5) is 12.8. The molecule has 0 saturated carbocycles. The van der Waals surface area contributed by atoms with Crippen molar-refractivity contribution in [2.45, 2.75) is 10.2 Å². The van der Waals surface area contributed by atoms with Gasteiger partial charge in [0.15, 0.2) is 5.82 Å². The number of aromatic nitrogens is 6. The van der Waals surface area contributed by atoms with E-state index in [1.54, 1.807) is 18.5 Å². The zero-order valence-corrected chi connectivity index (χ0v) is 15.8. The number of fused-ring (bicyclic) bond motifs is 1. The zero-order chi connectivity index (χ0) is 19.6. The summed E-state index contributed by atoms with van der Waals surface area (Å²) in [6, 6.07) is 18.0. The van der Waals surface area contributed by atoms with Crippen molar-refractivity contribution in [2.75, 3.05) is 0 Å². The van der Waals surface area contributed by atoms with Crippen LogP contribution >= 0.6 is 11.8 Å². The van der Waals surface area contributed by atoms with E-state index in [-0.39, 0.29) is 5.82 Å². The molecule has 0 aliphatic carbocycles. The van der Waals surface area contributed by atoms with Gasteiger partial charge in [0.2, 0.25) is 5.16 Å². The summed E-state index contributed by atoms with van der Waals surface area (Å²) >= 11 is 1.31. The highest BCUT2D eigenvalue weighted by molar-refractivity contribution is 7.99. The van der Waals surface area contributed by atoms with Crippen LogP contribution in [-0.4, -0.2) is 29.7 Å². The maximum atomic E-state index is 13.8. The van der Waals surface area contributed by atoms with E-state index in [0.717, 1.165) is 11.3 Å². The van der Waals surface area contributed by atoms with Crippen LogP contribution in [-0.2, 0) is 0 Å². The van der Waals surface area contributed by atoms with Crippen LogP contribution in [0, 0.1) is 5.82 Å². The van der Waals surface area contributed by atoms with Crippen LogP contribution in [0.3, 0.4) is 0 Å². The maximum absolute atomic E-state index is 13.8. The van der Waals surface area contributed by atoms with Crippen molar-refractivity contribution in [3.05, 3.63) is 85.2 Å². The first kappa shape index (κ1) is 17.4. The van der Waals surface area contributed by atoms with Crippen molar-refractivity contribution in [2.24, 2.45) is 0 Å². The summed E-state index contributed by atoms with van der Waals surface area (Å²) in [5.74, 6) is 0.325. The monoisotopic (exact) mass is 400 g/mol. The van der Waals surface area contributed by atoms with Crippen molar-refractivity contribution in [1.82, 2.24) is 29.7 Å².